The summed E-state index contributed by atoms with van der Waals surface area (Å²) < 4.78 is 0. The van der Waals surface area contributed by atoms with E-state index in [-0.39, 0.29) is 11.6 Å². The summed E-state index contributed by atoms with van der Waals surface area (Å²) in [5.41, 5.74) is -0.908. The Morgan fingerprint density at radius 3 is 2.80 bits per heavy atom. The third-order valence-electron chi connectivity index (χ3n) is 2.74. The number of aliphatic hydroxyl groups is 1. The Bertz CT molecular complexity index is 428. The van der Waals surface area contributed by atoms with Gasteiger partial charge in [-0.15, -0.1) is 0 Å². The van der Waals surface area contributed by atoms with Crippen molar-refractivity contribution in [3.05, 3.63) is 22.4 Å². The Hall–Kier alpha value is -1.56. The van der Waals surface area contributed by atoms with Crippen molar-refractivity contribution in [1.82, 2.24) is 14.9 Å². The highest BCUT2D eigenvalue weighted by Gasteiger charge is 2.42. The second-order valence-corrected chi connectivity index (χ2v) is 3.90. The summed E-state index contributed by atoms with van der Waals surface area (Å²) in [7, 11) is 0. The van der Waals surface area contributed by atoms with E-state index in [2.05, 4.69) is 9.97 Å². The maximum absolute atomic E-state index is 11.7. The molecule has 6 heteroatoms. The number of amides is 1. The maximum atomic E-state index is 11.7. The van der Waals surface area contributed by atoms with Crippen LogP contribution in [0.4, 0.5) is 0 Å². The van der Waals surface area contributed by atoms with E-state index in [0.717, 1.165) is 0 Å². The summed E-state index contributed by atoms with van der Waals surface area (Å²) in [5, 5.41) is 9.72. The van der Waals surface area contributed by atoms with Crippen LogP contribution in [0, 0.1) is 0 Å². The number of nitrogens with zero attached hydrogens (tertiary/aromatic N) is 1. The van der Waals surface area contributed by atoms with Crippen LogP contribution in [0.15, 0.2) is 11.0 Å². The van der Waals surface area contributed by atoms with E-state index in [1.807, 2.05) is 6.92 Å². The van der Waals surface area contributed by atoms with Gasteiger partial charge in [-0.05, 0) is 6.42 Å². The van der Waals surface area contributed by atoms with Crippen molar-refractivity contribution in [3.63, 3.8) is 0 Å². The molecule has 1 aliphatic heterocycles. The molecule has 0 unspecified atom stereocenters. The number of hydrogen-bond acceptors (Lipinski definition) is 3. The summed E-state index contributed by atoms with van der Waals surface area (Å²) in [5.74, 6) is -0.258. The molecule has 6 nitrogen and oxygen atoms in total. The molecule has 2 heterocycles. The molecule has 82 valence electrons. The monoisotopic (exact) mass is 211 g/mol. The van der Waals surface area contributed by atoms with Gasteiger partial charge in [-0.3, -0.25) is 4.79 Å². The molecule has 1 aliphatic rings. The van der Waals surface area contributed by atoms with Crippen molar-refractivity contribution < 1.29 is 9.90 Å². The van der Waals surface area contributed by atoms with E-state index >= 15 is 0 Å². The fourth-order valence-electron chi connectivity index (χ4n) is 1.65. The molecule has 1 amide bonds. The molecule has 2 rings (SSSR count). The molecule has 0 spiro atoms. The number of β-amino-alcohol motifs (C(OH)–C–C–N with tert-alkyl or cyclic N) is 1. The highest BCUT2D eigenvalue weighted by molar-refractivity contribution is 5.92. The first kappa shape index (κ1) is 9.97. The molecule has 1 aromatic heterocycles. The van der Waals surface area contributed by atoms with Gasteiger partial charge >= 0.3 is 5.69 Å². The van der Waals surface area contributed by atoms with Crippen LogP contribution in [-0.2, 0) is 0 Å². The number of aromatic amines is 2. The predicted molar refractivity (Wildman–Crippen MR) is 52.6 cm³/mol. The van der Waals surface area contributed by atoms with Crippen LogP contribution in [0.3, 0.4) is 0 Å². The van der Waals surface area contributed by atoms with Gasteiger partial charge in [-0.1, -0.05) is 6.92 Å². The molecular formula is C9H13N3O3. The van der Waals surface area contributed by atoms with Crippen LogP contribution >= 0.6 is 0 Å². The van der Waals surface area contributed by atoms with Gasteiger partial charge in [0.25, 0.3) is 5.91 Å². The molecule has 0 radical (unpaired) electrons. The summed E-state index contributed by atoms with van der Waals surface area (Å²) >= 11 is 0. The second-order valence-electron chi connectivity index (χ2n) is 3.90. The standard InChI is InChI=1S/C9H13N3O3/c1-2-9(15)4-12(5-9)7(13)6-3-10-8(14)11-6/h3,15H,2,4-5H2,1H3,(H2,10,11,14). The average Bonchev–Trinajstić information content (AvgIpc) is 2.59. The number of imidazole rings is 1. The molecule has 0 aliphatic carbocycles. The lowest BCUT2D eigenvalue weighted by molar-refractivity contribution is -0.0828. The van der Waals surface area contributed by atoms with Crippen LogP contribution in [0.1, 0.15) is 23.8 Å². The number of H-pyrrole nitrogens is 2. The third-order valence-corrected chi connectivity index (χ3v) is 2.74. The maximum Gasteiger partial charge on any atom is 0.323 e. The predicted octanol–water partition coefficient (Wildman–Crippen LogP) is -0.700. The lowest BCUT2D eigenvalue weighted by Crippen LogP contribution is -2.63. The van der Waals surface area contributed by atoms with Gasteiger partial charge in [0.05, 0.1) is 18.7 Å². The Morgan fingerprint density at radius 1 is 1.67 bits per heavy atom. The lowest BCUT2D eigenvalue weighted by atomic mass is 9.91. The SMILES string of the molecule is CCC1(O)CN(C(=O)c2c[nH]c(=O)[nH]2)C1. The van der Waals surface area contributed by atoms with Crippen molar-refractivity contribution in [2.24, 2.45) is 0 Å². The normalized spacial score (nSPS) is 18.7. The summed E-state index contributed by atoms with van der Waals surface area (Å²) in [6.45, 7) is 2.53. The minimum atomic E-state index is -0.744. The molecule has 0 atom stereocenters. The van der Waals surface area contributed by atoms with E-state index in [4.69, 9.17) is 0 Å². The molecule has 0 saturated carbocycles. The minimum Gasteiger partial charge on any atom is -0.386 e. The molecular weight excluding hydrogens is 198 g/mol. The van der Waals surface area contributed by atoms with Gasteiger partial charge in [0.15, 0.2) is 0 Å². The van der Waals surface area contributed by atoms with E-state index in [1.165, 1.54) is 11.1 Å². The zero-order valence-corrected chi connectivity index (χ0v) is 8.41. The Kier molecular flexibility index (Phi) is 2.15. The van der Waals surface area contributed by atoms with Gasteiger partial charge in [0, 0.05) is 6.20 Å². The first-order valence-corrected chi connectivity index (χ1v) is 4.83. The van der Waals surface area contributed by atoms with E-state index < -0.39 is 11.3 Å². The zero-order chi connectivity index (χ0) is 11.1. The van der Waals surface area contributed by atoms with Gasteiger partial charge in [0.1, 0.15) is 5.69 Å². The van der Waals surface area contributed by atoms with E-state index in [9.17, 15) is 14.7 Å². The number of rotatable bonds is 2. The number of aromatic nitrogens is 2. The molecule has 1 fully saturated rings. The van der Waals surface area contributed by atoms with Crippen molar-refractivity contribution >= 4 is 5.91 Å². The molecule has 1 aromatic rings. The highest BCUT2D eigenvalue weighted by atomic mass is 16.3. The lowest BCUT2D eigenvalue weighted by Gasteiger charge is -2.45. The van der Waals surface area contributed by atoms with Gasteiger partial charge in [-0.2, -0.15) is 0 Å². The van der Waals surface area contributed by atoms with Crippen molar-refractivity contribution in [1.29, 1.82) is 0 Å². The molecule has 3 N–H and O–H groups in total. The van der Waals surface area contributed by atoms with Gasteiger partial charge in [-0.25, -0.2) is 4.79 Å². The summed E-state index contributed by atoms with van der Waals surface area (Å²) in [6, 6.07) is 0. The number of carbonyl (C=O) groups is 1. The fourth-order valence-corrected chi connectivity index (χ4v) is 1.65. The number of hydrogen-bond donors (Lipinski definition) is 3. The van der Waals surface area contributed by atoms with E-state index in [0.29, 0.717) is 19.5 Å². The van der Waals surface area contributed by atoms with Crippen LogP contribution in [0.5, 0.6) is 0 Å². The van der Waals surface area contributed by atoms with Gasteiger partial charge < -0.3 is 20.0 Å². The van der Waals surface area contributed by atoms with E-state index in [1.54, 1.807) is 0 Å². The molecule has 1 saturated heterocycles. The first-order chi connectivity index (χ1) is 7.04. The first-order valence-electron chi connectivity index (χ1n) is 4.83. The zero-order valence-electron chi connectivity index (χ0n) is 8.41. The minimum absolute atomic E-state index is 0.234. The second kappa shape index (κ2) is 3.23. The average molecular weight is 211 g/mol. The number of nitrogens with one attached hydrogen (secondary N) is 2. The molecule has 0 aromatic carbocycles. The van der Waals surface area contributed by atoms with Gasteiger partial charge in [0.2, 0.25) is 0 Å². The quantitative estimate of drug-likeness (QED) is 0.604. The number of likely N-dealkylation sites (tertiary alicyclic amines) is 1. The fraction of sp³-hybridized carbons (Fsp3) is 0.556. The van der Waals surface area contributed by atoms with Crippen molar-refractivity contribution in [3.8, 4) is 0 Å². The number of carbonyl (C=O) groups excluding carboxylic acids is 1. The highest BCUT2D eigenvalue weighted by Crippen LogP contribution is 2.24. The summed E-state index contributed by atoms with van der Waals surface area (Å²) in [4.78, 5) is 28.7. The van der Waals surface area contributed by atoms with Crippen LogP contribution < -0.4 is 5.69 Å². The largest absolute Gasteiger partial charge is 0.386 e. The topological polar surface area (TPSA) is 89.2 Å². The molecule has 15 heavy (non-hydrogen) atoms. The smallest absolute Gasteiger partial charge is 0.323 e. The summed E-state index contributed by atoms with van der Waals surface area (Å²) in [6.07, 6.45) is 1.97. The third kappa shape index (κ3) is 1.68. The van der Waals surface area contributed by atoms with Crippen molar-refractivity contribution in [2.75, 3.05) is 13.1 Å². The Morgan fingerprint density at radius 2 is 2.33 bits per heavy atom. The van der Waals surface area contributed by atoms with Crippen molar-refractivity contribution in [2.45, 2.75) is 18.9 Å². The Balaban J connectivity index is 2.03. The van der Waals surface area contributed by atoms with Crippen LogP contribution in [-0.4, -0.2) is 44.6 Å². The Labute approximate surface area is 85.9 Å². The molecule has 0 bridgehead atoms. The van der Waals surface area contributed by atoms with Crippen LogP contribution in [0.25, 0.3) is 0 Å². The van der Waals surface area contributed by atoms with Crippen LogP contribution in [0.2, 0.25) is 0 Å².